The van der Waals surface area contributed by atoms with Crippen LogP contribution >= 0.6 is 11.3 Å². The van der Waals surface area contributed by atoms with E-state index in [0.717, 1.165) is 27.6 Å². The summed E-state index contributed by atoms with van der Waals surface area (Å²) in [5, 5.41) is 3.70. The van der Waals surface area contributed by atoms with Crippen LogP contribution in [0.3, 0.4) is 0 Å². The van der Waals surface area contributed by atoms with Gasteiger partial charge < -0.3 is 19.6 Å². The van der Waals surface area contributed by atoms with Crippen LogP contribution in [0.1, 0.15) is 40.1 Å². The summed E-state index contributed by atoms with van der Waals surface area (Å²) >= 11 is 1.50. The van der Waals surface area contributed by atoms with Crippen molar-refractivity contribution in [3.05, 3.63) is 74.7 Å². The average molecular weight is 452 g/mol. The predicted octanol–water partition coefficient (Wildman–Crippen LogP) is 3.18. The van der Waals surface area contributed by atoms with Crippen LogP contribution in [0.2, 0.25) is 0 Å². The van der Waals surface area contributed by atoms with E-state index in [0.29, 0.717) is 22.5 Å². The fourth-order valence-electron chi connectivity index (χ4n) is 3.63. The van der Waals surface area contributed by atoms with Crippen molar-refractivity contribution in [2.75, 3.05) is 7.11 Å². The van der Waals surface area contributed by atoms with Gasteiger partial charge in [0.2, 0.25) is 5.91 Å². The first-order chi connectivity index (χ1) is 15.4. The zero-order valence-corrected chi connectivity index (χ0v) is 19.2. The van der Waals surface area contributed by atoms with E-state index in [-0.39, 0.29) is 17.9 Å². The zero-order chi connectivity index (χ0) is 22.8. The molecule has 32 heavy (non-hydrogen) atoms. The highest BCUT2D eigenvalue weighted by Gasteiger charge is 2.21. The number of rotatable bonds is 7. The molecule has 0 fully saturated rings. The molecular weight excluding hydrogens is 426 g/mol. The Kier molecular flexibility index (Phi) is 6.09. The second-order valence-corrected chi connectivity index (χ2v) is 8.85. The van der Waals surface area contributed by atoms with Crippen molar-refractivity contribution >= 4 is 27.5 Å². The maximum absolute atomic E-state index is 12.8. The number of ether oxygens (including phenoxy) is 1. The highest BCUT2D eigenvalue weighted by atomic mass is 32.1. The summed E-state index contributed by atoms with van der Waals surface area (Å²) in [5.41, 5.74) is 1.70. The minimum Gasteiger partial charge on any atom is -0.497 e. The minimum atomic E-state index is -0.412. The van der Waals surface area contributed by atoms with Crippen molar-refractivity contribution in [1.29, 1.82) is 0 Å². The molecule has 8 nitrogen and oxygen atoms in total. The SMILES string of the molecule is COc1ccc(C(NC(=O)CCc2nc3sc(C)c(C)c3c(=O)[nH]2)c2nccn2C)cc1. The number of aryl methyl sites for hydroxylation is 4. The Morgan fingerprint density at radius 1 is 1.28 bits per heavy atom. The number of thiophene rings is 1. The predicted molar refractivity (Wildman–Crippen MR) is 124 cm³/mol. The normalized spacial score (nSPS) is 12.1. The maximum atomic E-state index is 12.8. The number of methoxy groups -OCH3 is 1. The third-order valence-corrected chi connectivity index (χ3v) is 6.65. The summed E-state index contributed by atoms with van der Waals surface area (Å²) in [6.45, 7) is 3.90. The molecule has 4 rings (SSSR count). The summed E-state index contributed by atoms with van der Waals surface area (Å²) in [5.74, 6) is 1.82. The lowest BCUT2D eigenvalue weighted by Gasteiger charge is -2.19. The van der Waals surface area contributed by atoms with Crippen LogP contribution in [-0.4, -0.2) is 32.5 Å². The molecule has 0 aliphatic carbocycles. The molecule has 4 aromatic rings. The van der Waals surface area contributed by atoms with Crippen LogP contribution in [-0.2, 0) is 18.3 Å². The van der Waals surface area contributed by atoms with Gasteiger partial charge in [0, 0.05) is 37.2 Å². The van der Waals surface area contributed by atoms with Crippen molar-refractivity contribution in [1.82, 2.24) is 24.8 Å². The molecule has 2 N–H and O–H groups in total. The number of nitrogens with zero attached hydrogens (tertiary/aromatic N) is 3. The molecule has 0 aliphatic rings. The van der Waals surface area contributed by atoms with Gasteiger partial charge in [0.05, 0.1) is 12.5 Å². The number of hydrogen-bond acceptors (Lipinski definition) is 6. The molecule has 3 heterocycles. The number of carbonyl (C=O) groups excluding carboxylic acids is 1. The lowest BCUT2D eigenvalue weighted by atomic mass is 10.1. The molecule has 1 amide bonds. The van der Waals surface area contributed by atoms with Crippen molar-refractivity contribution in [2.45, 2.75) is 32.7 Å². The zero-order valence-electron chi connectivity index (χ0n) is 18.4. The molecule has 0 bridgehead atoms. The standard InChI is InChI=1S/C23H25N5O3S/c1-13-14(2)32-23-19(13)22(30)25-17(26-23)9-10-18(29)27-20(21-24-11-12-28(21)3)15-5-7-16(31-4)8-6-15/h5-8,11-12,20H,9-10H2,1-4H3,(H,27,29)(H,25,26,30). The number of hydrogen-bond donors (Lipinski definition) is 2. The molecule has 166 valence electrons. The minimum absolute atomic E-state index is 0.156. The molecule has 0 saturated heterocycles. The Hall–Kier alpha value is -3.46. The van der Waals surface area contributed by atoms with Gasteiger partial charge in [-0.1, -0.05) is 12.1 Å². The molecule has 0 aliphatic heterocycles. The average Bonchev–Trinajstić information content (AvgIpc) is 3.33. The molecule has 1 atom stereocenters. The lowest BCUT2D eigenvalue weighted by molar-refractivity contribution is -0.121. The quantitative estimate of drug-likeness (QED) is 0.449. The van der Waals surface area contributed by atoms with Gasteiger partial charge in [-0.05, 0) is 37.1 Å². The van der Waals surface area contributed by atoms with Crippen LogP contribution < -0.4 is 15.6 Å². The van der Waals surface area contributed by atoms with Crippen molar-refractivity contribution in [3.8, 4) is 5.75 Å². The number of aromatic amines is 1. The van der Waals surface area contributed by atoms with Crippen LogP contribution in [0.4, 0.5) is 0 Å². The van der Waals surface area contributed by atoms with E-state index in [2.05, 4.69) is 20.3 Å². The Bertz CT molecular complexity index is 1320. The summed E-state index contributed by atoms with van der Waals surface area (Å²) in [4.78, 5) is 38.9. The Morgan fingerprint density at radius 3 is 2.69 bits per heavy atom. The number of benzene rings is 1. The molecule has 1 aromatic carbocycles. The number of imidazole rings is 1. The number of H-pyrrole nitrogens is 1. The van der Waals surface area contributed by atoms with Gasteiger partial charge in [0.1, 0.15) is 28.3 Å². The Morgan fingerprint density at radius 2 is 2.03 bits per heavy atom. The van der Waals surface area contributed by atoms with Crippen LogP contribution in [0.25, 0.3) is 10.2 Å². The first kappa shape index (κ1) is 21.8. The monoisotopic (exact) mass is 451 g/mol. The van der Waals surface area contributed by atoms with E-state index < -0.39 is 6.04 Å². The van der Waals surface area contributed by atoms with E-state index in [1.807, 2.05) is 55.9 Å². The largest absolute Gasteiger partial charge is 0.497 e. The number of aromatic nitrogens is 4. The highest BCUT2D eigenvalue weighted by molar-refractivity contribution is 7.18. The third kappa shape index (κ3) is 4.29. The highest BCUT2D eigenvalue weighted by Crippen LogP contribution is 2.26. The van der Waals surface area contributed by atoms with Crippen molar-refractivity contribution in [3.63, 3.8) is 0 Å². The van der Waals surface area contributed by atoms with Crippen LogP contribution in [0.5, 0.6) is 5.75 Å². The number of nitrogens with one attached hydrogen (secondary N) is 2. The van der Waals surface area contributed by atoms with Gasteiger partial charge in [-0.2, -0.15) is 0 Å². The fraction of sp³-hybridized carbons (Fsp3) is 0.304. The van der Waals surface area contributed by atoms with E-state index in [1.165, 1.54) is 11.3 Å². The smallest absolute Gasteiger partial charge is 0.259 e. The molecule has 9 heteroatoms. The topological polar surface area (TPSA) is 102 Å². The summed E-state index contributed by atoms with van der Waals surface area (Å²) in [6.07, 6.45) is 4.07. The van der Waals surface area contributed by atoms with E-state index in [4.69, 9.17) is 4.74 Å². The van der Waals surface area contributed by atoms with Crippen LogP contribution in [0, 0.1) is 13.8 Å². The third-order valence-electron chi connectivity index (χ3n) is 5.55. The molecular formula is C23H25N5O3S. The van der Waals surface area contributed by atoms with Gasteiger partial charge in [-0.15, -0.1) is 11.3 Å². The number of amides is 1. The fourth-order valence-corrected chi connectivity index (χ4v) is 4.68. The van der Waals surface area contributed by atoms with Crippen molar-refractivity contribution < 1.29 is 9.53 Å². The second-order valence-electron chi connectivity index (χ2n) is 7.65. The Balaban J connectivity index is 1.52. The van der Waals surface area contributed by atoms with Gasteiger partial charge in [-0.3, -0.25) is 9.59 Å². The summed E-state index contributed by atoms with van der Waals surface area (Å²) in [6, 6.07) is 7.11. The lowest BCUT2D eigenvalue weighted by Crippen LogP contribution is -2.31. The maximum Gasteiger partial charge on any atom is 0.259 e. The van der Waals surface area contributed by atoms with E-state index in [1.54, 1.807) is 13.3 Å². The number of fused-ring (bicyclic) bond motifs is 1. The summed E-state index contributed by atoms with van der Waals surface area (Å²) < 4.78 is 7.12. The first-order valence-electron chi connectivity index (χ1n) is 10.3. The van der Waals surface area contributed by atoms with Gasteiger partial charge in [-0.25, -0.2) is 9.97 Å². The van der Waals surface area contributed by atoms with Crippen molar-refractivity contribution in [2.24, 2.45) is 7.05 Å². The number of carbonyl (C=O) groups is 1. The van der Waals surface area contributed by atoms with Gasteiger partial charge in [0.15, 0.2) is 0 Å². The first-order valence-corrected chi connectivity index (χ1v) is 11.1. The molecule has 0 saturated carbocycles. The van der Waals surface area contributed by atoms with Gasteiger partial charge in [0.25, 0.3) is 5.56 Å². The Labute approximate surface area is 189 Å². The second kappa shape index (κ2) is 8.96. The van der Waals surface area contributed by atoms with E-state index >= 15 is 0 Å². The van der Waals surface area contributed by atoms with E-state index in [9.17, 15) is 9.59 Å². The molecule has 1 unspecified atom stereocenters. The molecule has 0 radical (unpaired) electrons. The summed E-state index contributed by atoms with van der Waals surface area (Å²) in [7, 11) is 3.50. The van der Waals surface area contributed by atoms with Crippen LogP contribution in [0.15, 0.2) is 41.5 Å². The molecule has 0 spiro atoms. The molecule has 3 aromatic heterocycles. The van der Waals surface area contributed by atoms with Gasteiger partial charge >= 0.3 is 0 Å².